The van der Waals surface area contributed by atoms with Gasteiger partial charge in [-0.1, -0.05) is 0 Å². The molecule has 2 aliphatic rings. The number of hydrogen-bond acceptors (Lipinski definition) is 3. The number of nitrogens with one attached hydrogen (secondary N) is 1. The van der Waals surface area contributed by atoms with Gasteiger partial charge in [0, 0.05) is 18.7 Å². The molecule has 2 amide bonds. The van der Waals surface area contributed by atoms with Gasteiger partial charge in [0.1, 0.15) is 11.9 Å². The highest BCUT2D eigenvalue weighted by molar-refractivity contribution is 5.94. The molecule has 0 bridgehead atoms. The lowest BCUT2D eigenvalue weighted by molar-refractivity contribution is -0.183. The molecule has 0 unspecified atom stereocenters. The van der Waals surface area contributed by atoms with Gasteiger partial charge in [0.25, 0.3) is 5.91 Å². The smallest absolute Gasteiger partial charge is 0.352 e. The highest BCUT2D eigenvalue weighted by Crippen LogP contribution is 2.32. The summed E-state index contributed by atoms with van der Waals surface area (Å²) in [7, 11) is 0. The van der Waals surface area contributed by atoms with Gasteiger partial charge in [-0.25, -0.2) is 4.39 Å². The number of benzene rings is 1. The summed E-state index contributed by atoms with van der Waals surface area (Å²) in [5.74, 6) is -1.04. The number of piperidine rings is 1. The fourth-order valence-electron chi connectivity index (χ4n) is 4.24. The fourth-order valence-corrected chi connectivity index (χ4v) is 4.24. The van der Waals surface area contributed by atoms with Gasteiger partial charge >= 0.3 is 6.18 Å². The Morgan fingerprint density at radius 3 is 2.43 bits per heavy atom. The molecule has 0 aliphatic carbocycles. The fraction of sp³-hybridized carbons (Fsp3) is 0.619. The Labute approximate surface area is 173 Å². The van der Waals surface area contributed by atoms with Crippen molar-refractivity contribution in [3.63, 3.8) is 0 Å². The van der Waals surface area contributed by atoms with Gasteiger partial charge in [0.05, 0.1) is 6.54 Å². The summed E-state index contributed by atoms with van der Waals surface area (Å²) in [4.78, 5) is 27.4. The highest BCUT2D eigenvalue weighted by atomic mass is 19.4. The second kappa shape index (κ2) is 9.32. The molecule has 1 atom stereocenters. The second-order valence-corrected chi connectivity index (χ2v) is 8.23. The van der Waals surface area contributed by atoms with Gasteiger partial charge in [-0.3, -0.25) is 14.5 Å². The van der Waals surface area contributed by atoms with Crippen molar-refractivity contribution < 1.29 is 27.2 Å². The van der Waals surface area contributed by atoms with E-state index in [9.17, 15) is 27.2 Å². The molecule has 2 saturated heterocycles. The number of rotatable bonds is 5. The Morgan fingerprint density at radius 2 is 1.80 bits per heavy atom. The monoisotopic (exact) mass is 429 g/mol. The van der Waals surface area contributed by atoms with E-state index in [2.05, 4.69) is 5.32 Å². The Bertz CT molecular complexity index is 756. The van der Waals surface area contributed by atoms with Crippen LogP contribution in [0.4, 0.5) is 17.6 Å². The lowest BCUT2D eigenvalue weighted by atomic mass is 9.96. The quantitative estimate of drug-likeness (QED) is 0.732. The Kier molecular flexibility index (Phi) is 7.00. The van der Waals surface area contributed by atoms with Gasteiger partial charge in [0.2, 0.25) is 5.91 Å². The molecule has 0 spiro atoms. The van der Waals surface area contributed by atoms with Crippen LogP contribution in [0.1, 0.15) is 41.6 Å². The zero-order valence-electron chi connectivity index (χ0n) is 17.0. The molecule has 166 valence electrons. The number of carbonyl (C=O) groups is 2. The topological polar surface area (TPSA) is 52.7 Å². The Balaban J connectivity index is 1.42. The standard InChI is InChI=1S/C21H27F4N3O2/c1-14-9-16(11-17(22)10-14)20(30)26-12-15-4-7-27(8-5-15)13-19(29)28-6-2-3-18(28)21(23,24)25/h9-11,15,18H,2-8,12-13H2,1H3,(H,26,30)/t18-/m0/s1. The molecule has 0 saturated carbocycles. The average molecular weight is 429 g/mol. The number of nitrogens with zero attached hydrogens (tertiary/aromatic N) is 2. The van der Waals surface area contributed by atoms with Crippen molar-refractivity contribution in [3.05, 3.63) is 35.1 Å². The SMILES string of the molecule is Cc1cc(F)cc(C(=O)NCC2CCN(CC(=O)N3CCC[C@H]3C(F)(F)F)CC2)c1. The molecule has 2 aliphatic heterocycles. The van der Waals surface area contributed by atoms with Crippen LogP contribution < -0.4 is 5.32 Å². The van der Waals surface area contributed by atoms with E-state index in [0.717, 1.165) is 17.7 Å². The number of aryl methyl sites for hydroxylation is 1. The van der Waals surface area contributed by atoms with Crippen LogP contribution in [0.3, 0.4) is 0 Å². The number of carbonyl (C=O) groups excluding carboxylic acids is 2. The van der Waals surface area contributed by atoms with Gasteiger partial charge in [-0.2, -0.15) is 13.2 Å². The second-order valence-electron chi connectivity index (χ2n) is 8.23. The Hall–Kier alpha value is -2.16. The molecule has 3 rings (SSSR count). The van der Waals surface area contributed by atoms with Crippen LogP contribution in [0.15, 0.2) is 18.2 Å². The number of alkyl halides is 3. The van der Waals surface area contributed by atoms with Crippen LogP contribution in [-0.2, 0) is 4.79 Å². The molecule has 0 radical (unpaired) electrons. The minimum absolute atomic E-state index is 0.00573. The number of amides is 2. The van der Waals surface area contributed by atoms with E-state index in [0.29, 0.717) is 31.6 Å². The van der Waals surface area contributed by atoms with E-state index < -0.39 is 23.9 Å². The third kappa shape index (κ3) is 5.71. The summed E-state index contributed by atoms with van der Waals surface area (Å²) in [5, 5.41) is 2.82. The first-order valence-corrected chi connectivity index (χ1v) is 10.3. The number of hydrogen-bond donors (Lipinski definition) is 1. The summed E-state index contributed by atoms with van der Waals surface area (Å²) in [6.07, 6.45) is -2.56. The molecule has 2 heterocycles. The van der Waals surface area contributed by atoms with Crippen molar-refractivity contribution in [1.82, 2.24) is 15.1 Å². The van der Waals surface area contributed by atoms with Crippen molar-refractivity contribution in [3.8, 4) is 0 Å². The van der Waals surface area contributed by atoms with Crippen LogP contribution in [0.25, 0.3) is 0 Å². The van der Waals surface area contributed by atoms with Crippen LogP contribution in [0.2, 0.25) is 0 Å². The van der Waals surface area contributed by atoms with Crippen molar-refractivity contribution in [2.24, 2.45) is 5.92 Å². The maximum Gasteiger partial charge on any atom is 0.408 e. The van der Waals surface area contributed by atoms with Crippen LogP contribution in [0, 0.1) is 18.7 Å². The predicted octanol–water partition coefficient (Wildman–Crippen LogP) is 3.13. The molecular weight excluding hydrogens is 402 g/mol. The first-order chi connectivity index (χ1) is 14.1. The van der Waals surface area contributed by atoms with E-state index in [4.69, 9.17) is 0 Å². The maximum absolute atomic E-state index is 13.5. The highest BCUT2D eigenvalue weighted by Gasteiger charge is 2.47. The number of likely N-dealkylation sites (tertiary alicyclic amines) is 2. The van der Waals surface area contributed by atoms with Crippen molar-refractivity contribution >= 4 is 11.8 Å². The van der Waals surface area contributed by atoms with E-state index in [1.807, 2.05) is 4.90 Å². The summed E-state index contributed by atoms with van der Waals surface area (Å²) >= 11 is 0. The van der Waals surface area contributed by atoms with Gasteiger partial charge in [0.15, 0.2) is 0 Å². The van der Waals surface area contributed by atoms with Gasteiger partial charge < -0.3 is 10.2 Å². The lowest BCUT2D eigenvalue weighted by Gasteiger charge is -2.34. The number of halogens is 4. The molecule has 30 heavy (non-hydrogen) atoms. The van der Waals surface area contributed by atoms with Gasteiger partial charge in [-0.05, 0) is 75.4 Å². The largest absolute Gasteiger partial charge is 0.408 e. The first-order valence-electron chi connectivity index (χ1n) is 10.3. The Morgan fingerprint density at radius 1 is 1.10 bits per heavy atom. The van der Waals surface area contributed by atoms with Gasteiger partial charge in [-0.15, -0.1) is 0 Å². The summed E-state index contributed by atoms with van der Waals surface area (Å²) < 4.78 is 52.6. The molecule has 1 aromatic carbocycles. The van der Waals surface area contributed by atoms with Crippen molar-refractivity contribution in [2.45, 2.75) is 44.8 Å². The molecule has 9 heteroatoms. The minimum atomic E-state index is -4.38. The first kappa shape index (κ1) is 22.5. The van der Waals surface area contributed by atoms with E-state index in [1.165, 1.54) is 12.1 Å². The van der Waals surface area contributed by atoms with Crippen LogP contribution >= 0.6 is 0 Å². The molecular formula is C21H27F4N3O2. The molecule has 1 aromatic rings. The molecule has 1 N–H and O–H groups in total. The third-order valence-corrected chi connectivity index (χ3v) is 5.87. The van der Waals surface area contributed by atoms with Crippen molar-refractivity contribution in [1.29, 1.82) is 0 Å². The van der Waals surface area contributed by atoms with Crippen molar-refractivity contribution in [2.75, 3.05) is 32.7 Å². The zero-order chi connectivity index (χ0) is 21.9. The zero-order valence-corrected chi connectivity index (χ0v) is 17.0. The third-order valence-electron chi connectivity index (χ3n) is 5.87. The predicted molar refractivity (Wildman–Crippen MR) is 103 cm³/mol. The summed E-state index contributed by atoms with van der Waals surface area (Å²) in [6.45, 7) is 3.50. The summed E-state index contributed by atoms with van der Waals surface area (Å²) in [5.41, 5.74) is 0.948. The van der Waals surface area contributed by atoms with Crippen LogP contribution in [0.5, 0.6) is 0 Å². The lowest BCUT2D eigenvalue weighted by Crippen LogP contribution is -2.49. The van der Waals surface area contributed by atoms with E-state index in [-0.39, 0.29) is 36.9 Å². The molecule has 2 fully saturated rings. The molecule has 0 aromatic heterocycles. The molecule has 5 nitrogen and oxygen atoms in total. The van der Waals surface area contributed by atoms with Crippen LogP contribution in [-0.4, -0.2) is 66.6 Å². The summed E-state index contributed by atoms with van der Waals surface area (Å²) in [6, 6.07) is 2.51. The minimum Gasteiger partial charge on any atom is -0.352 e. The van der Waals surface area contributed by atoms with E-state index in [1.54, 1.807) is 13.0 Å². The maximum atomic E-state index is 13.5. The van der Waals surface area contributed by atoms with E-state index >= 15 is 0 Å². The normalized spacial score (nSPS) is 21.1. The average Bonchev–Trinajstić information content (AvgIpc) is 3.17.